The summed E-state index contributed by atoms with van der Waals surface area (Å²) in [6.07, 6.45) is 0. The van der Waals surface area contributed by atoms with Crippen LogP contribution in [0.4, 0.5) is 0 Å². The monoisotopic (exact) mass is 501 g/mol. The van der Waals surface area contributed by atoms with Crippen LogP contribution in [0.3, 0.4) is 0 Å². The first kappa shape index (κ1) is 26.0. The third-order valence-electron chi connectivity index (χ3n) is 6.39. The summed E-state index contributed by atoms with van der Waals surface area (Å²) in [6, 6.07) is 19.8. The zero-order valence-corrected chi connectivity index (χ0v) is 21.5. The minimum absolute atomic E-state index is 0.000637. The fourth-order valence-corrected chi connectivity index (χ4v) is 4.42. The highest BCUT2D eigenvalue weighted by Crippen LogP contribution is 2.41. The molecule has 1 fully saturated rings. The van der Waals surface area contributed by atoms with Gasteiger partial charge in [0.15, 0.2) is 0 Å². The number of ether oxygens (including phenoxy) is 3. The molecule has 1 aliphatic rings. The zero-order chi connectivity index (χ0) is 26.5. The van der Waals surface area contributed by atoms with Gasteiger partial charge >= 0.3 is 0 Å². The predicted molar refractivity (Wildman–Crippen MR) is 141 cm³/mol. The van der Waals surface area contributed by atoms with E-state index in [4.69, 9.17) is 14.2 Å². The van der Waals surface area contributed by atoms with Gasteiger partial charge in [-0.3, -0.25) is 9.59 Å². The van der Waals surface area contributed by atoms with Crippen LogP contribution in [0.15, 0.2) is 72.3 Å². The van der Waals surface area contributed by atoms with Crippen LogP contribution in [0.5, 0.6) is 11.5 Å². The second-order valence-electron chi connectivity index (χ2n) is 9.04. The number of carbonyl (C=O) groups excluding carboxylic acids is 2. The number of ketones is 1. The van der Waals surface area contributed by atoms with E-state index >= 15 is 0 Å². The van der Waals surface area contributed by atoms with E-state index in [1.165, 1.54) is 24.7 Å². The molecule has 1 N–H and O–H groups in total. The Kier molecular flexibility index (Phi) is 7.94. The Bertz CT molecular complexity index is 1330. The van der Waals surface area contributed by atoms with Crippen molar-refractivity contribution in [2.75, 3.05) is 27.4 Å². The summed E-state index contributed by atoms with van der Waals surface area (Å²) in [4.78, 5) is 27.8. The van der Waals surface area contributed by atoms with E-state index in [1.54, 1.807) is 18.2 Å². The third-order valence-corrected chi connectivity index (χ3v) is 6.39. The smallest absolute Gasteiger partial charge is 0.295 e. The molecule has 0 saturated carbocycles. The molecule has 3 aromatic rings. The first-order valence-corrected chi connectivity index (χ1v) is 12.0. The van der Waals surface area contributed by atoms with Crippen molar-refractivity contribution in [3.63, 3.8) is 0 Å². The predicted octanol–water partition coefficient (Wildman–Crippen LogP) is 4.96. The van der Waals surface area contributed by atoms with Gasteiger partial charge in [-0.25, -0.2) is 0 Å². The van der Waals surface area contributed by atoms with Gasteiger partial charge in [-0.1, -0.05) is 53.6 Å². The zero-order valence-electron chi connectivity index (χ0n) is 21.5. The number of hydrogen-bond donors (Lipinski definition) is 1. The van der Waals surface area contributed by atoms with Crippen molar-refractivity contribution in [2.45, 2.75) is 26.5 Å². The number of aryl methyl sites for hydroxylation is 2. The minimum atomic E-state index is -0.816. The maximum absolute atomic E-state index is 13.3. The van der Waals surface area contributed by atoms with Crippen LogP contribution in [0.2, 0.25) is 0 Å². The lowest BCUT2D eigenvalue weighted by atomic mass is 9.94. The molecule has 1 atom stereocenters. The summed E-state index contributed by atoms with van der Waals surface area (Å²) >= 11 is 0. The largest absolute Gasteiger partial charge is 0.507 e. The molecule has 1 aliphatic heterocycles. The first-order valence-electron chi connectivity index (χ1n) is 12.0. The molecule has 1 heterocycles. The number of methoxy groups -OCH3 is 2. The number of nitrogens with zero attached hydrogens (tertiary/aromatic N) is 1. The van der Waals surface area contributed by atoms with Crippen molar-refractivity contribution in [3.05, 3.63) is 100 Å². The molecule has 3 aromatic carbocycles. The number of aliphatic hydroxyl groups is 1. The van der Waals surface area contributed by atoms with Gasteiger partial charge in [-0.2, -0.15) is 0 Å². The molecule has 0 radical (unpaired) electrons. The Morgan fingerprint density at radius 1 is 0.946 bits per heavy atom. The average Bonchev–Trinajstić information content (AvgIpc) is 3.16. The second kappa shape index (κ2) is 11.3. The maximum Gasteiger partial charge on any atom is 0.295 e. The number of amides is 1. The van der Waals surface area contributed by atoms with Gasteiger partial charge in [0.05, 0.1) is 30.9 Å². The highest BCUT2D eigenvalue weighted by Gasteiger charge is 2.46. The summed E-state index contributed by atoms with van der Waals surface area (Å²) in [7, 11) is 3.02. The van der Waals surface area contributed by atoms with Gasteiger partial charge in [-0.15, -0.1) is 0 Å². The fourth-order valence-electron chi connectivity index (χ4n) is 4.42. The Hall–Kier alpha value is -4.10. The molecule has 1 saturated heterocycles. The van der Waals surface area contributed by atoms with Crippen LogP contribution < -0.4 is 9.47 Å². The van der Waals surface area contributed by atoms with Crippen molar-refractivity contribution in [1.29, 1.82) is 0 Å². The SMILES string of the molecule is COCCN1C(=O)C(=O)/C(=C(/O)c2cc(C)ccc2OC)C1c1cccc(OCc2ccc(C)cc2)c1. The minimum Gasteiger partial charge on any atom is -0.507 e. The fraction of sp³-hybridized carbons (Fsp3) is 0.267. The lowest BCUT2D eigenvalue weighted by Gasteiger charge is -2.25. The van der Waals surface area contributed by atoms with Crippen LogP contribution >= 0.6 is 0 Å². The van der Waals surface area contributed by atoms with E-state index in [9.17, 15) is 14.7 Å². The van der Waals surface area contributed by atoms with Gasteiger partial charge in [0.25, 0.3) is 11.7 Å². The molecule has 7 heteroatoms. The normalized spacial score (nSPS) is 16.8. The topological polar surface area (TPSA) is 85.3 Å². The van der Waals surface area contributed by atoms with Gasteiger partial charge < -0.3 is 24.2 Å². The van der Waals surface area contributed by atoms with Gasteiger partial charge in [-0.05, 0) is 49.2 Å². The van der Waals surface area contributed by atoms with Crippen LogP contribution in [0.1, 0.15) is 33.9 Å². The Morgan fingerprint density at radius 3 is 2.38 bits per heavy atom. The number of Topliss-reactive ketones (excluding diaryl/α,β-unsaturated/α-hetero) is 1. The molecule has 37 heavy (non-hydrogen) atoms. The van der Waals surface area contributed by atoms with E-state index in [2.05, 4.69) is 0 Å². The molecule has 1 amide bonds. The summed E-state index contributed by atoms with van der Waals surface area (Å²) in [6.45, 7) is 4.69. The molecule has 1 unspecified atom stereocenters. The van der Waals surface area contributed by atoms with Crippen LogP contribution in [-0.4, -0.2) is 49.1 Å². The lowest BCUT2D eigenvalue weighted by molar-refractivity contribution is -0.140. The molecular formula is C30H31NO6. The second-order valence-corrected chi connectivity index (χ2v) is 9.04. The standard InChI is InChI=1S/C30H31NO6/c1-19-8-11-21(12-9-19)18-37-23-7-5-6-22(17-23)27-26(29(33)30(34)31(27)14-15-35-3)28(32)24-16-20(2)10-13-25(24)36-4/h5-13,16-17,27,32H,14-15,18H2,1-4H3/b28-26+. The van der Waals surface area contributed by atoms with Crippen molar-refractivity contribution >= 4 is 17.4 Å². The van der Waals surface area contributed by atoms with Crippen LogP contribution in [0.25, 0.3) is 5.76 Å². The number of benzene rings is 3. The summed E-state index contributed by atoms with van der Waals surface area (Å²) in [5, 5.41) is 11.4. The lowest BCUT2D eigenvalue weighted by Crippen LogP contribution is -2.32. The summed E-state index contributed by atoms with van der Waals surface area (Å²) in [5.41, 5.74) is 4.06. The van der Waals surface area contributed by atoms with E-state index in [1.807, 2.05) is 62.4 Å². The van der Waals surface area contributed by atoms with E-state index < -0.39 is 17.7 Å². The van der Waals surface area contributed by atoms with E-state index in [0.29, 0.717) is 29.2 Å². The van der Waals surface area contributed by atoms with Crippen molar-refractivity contribution in [2.24, 2.45) is 0 Å². The Labute approximate surface area is 216 Å². The first-order chi connectivity index (χ1) is 17.8. The molecule has 0 aromatic heterocycles. The van der Waals surface area contributed by atoms with Gasteiger partial charge in [0.1, 0.15) is 23.9 Å². The molecule has 0 aliphatic carbocycles. The highest BCUT2D eigenvalue weighted by molar-refractivity contribution is 6.46. The number of rotatable bonds is 9. The molecule has 4 rings (SSSR count). The van der Waals surface area contributed by atoms with E-state index in [0.717, 1.165) is 11.1 Å². The highest BCUT2D eigenvalue weighted by atomic mass is 16.5. The number of likely N-dealkylation sites (tertiary alicyclic amines) is 1. The van der Waals surface area contributed by atoms with Gasteiger partial charge in [0.2, 0.25) is 0 Å². The third kappa shape index (κ3) is 5.52. The number of aliphatic hydroxyl groups excluding tert-OH is 1. The van der Waals surface area contributed by atoms with Crippen LogP contribution in [-0.2, 0) is 20.9 Å². The molecule has 192 valence electrons. The van der Waals surface area contributed by atoms with E-state index in [-0.39, 0.29) is 24.5 Å². The molecule has 0 bridgehead atoms. The quantitative estimate of drug-likeness (QED) is 0.253. The maximum atomic E-state index is 13.3. The summed E-state index contributed by atoms with van der Waals surface area (Å²) in [5.74, 6) is -0.743. The number of carbonyl (C=O) groups is 2. The van der Waals surface area contributed by atoms with Crippen LogP contribution in [0, 0.1) is 13.8 Å². The van der Waals surface area contributed by atoms with Crippen molar-refractivity contribution < 1.29 is 28.9 Å². The summed E-state index contributed by atoms with van der Waals surface area (Å²) < 4.78 is 16.7. The van der Waals surface area contributed by atoms with Crippen molar-refractivity contribution in [3.8, 4) is 11.5 Å². The molecule has 0 spiro atoms. The average molecular weight is 502 g/mol. The van der Waals surface area contributed by atoms with Crippen molar-refractivity contribution in [1.82, 2.24) is 4.90 Å². The number of hydrogen-bond acceptors (Lipinski definition) is 6. The van der Waals surface area contributed by atoms with Gasteiger partial charge in [0, 0.05) is 13.7 Å². The Balaban J connectivity index is 1.76. The molecule has 7 nitrogen and oxygen atoms in total. The Morgan fingerprint density at radius 2 is 1.68 bits per heavy atom. The molecular weight excluding hydrogens is 470 g/mol.